The highest BCUT2D eigenvalue weighted by Crippen LogP contribution is 2.47. The van der Waals surface area contributed by atoms with Crippen LogP contribution in [-0.2, 0) is 4.79 Å². The van der Waals surface area contributed by atoms with Gasteiger partial charge in [0, 0.05) is 23.4 Å². The monoisotopic (exact) mass is 378 g/mol. The molecule has 0 fully saturated rings. The van der Waals surface area contributed by atoms with E-state index in [-0.39, 0.29) is 23.4 Å². The van der Waals surface area contributed by atoms with Gasteiger partial charge in [0.05, 0.1) is 12.5 Å². The SMILES string of the molecule is CCC1=C(C)C2C=C3NC(=O)C=C3C(C(F)(F)F)C2=NC1CC(F)(F)F. The minimum absolute atomic E-state index is 0.0605. The molecule has 0 aromatic heterocycles. The average Bonchev–Trinajstić information content (AvgIpc) is 2.82. The number of hydrogen-bond donors (Lipinski definition) is 1. The van der Waals surface area contributed by atoms with E-state index in [4.69, 9.17) is 0 Å². The van der Waals surface area contributed by atoms with E-state index in [1.165, 1.54) is 13.0 Å². The Balaban J connectivity index is 2.16. The summed E-state index contributed by atoms with van der Waals surface area (Å²) in [6.45, 7) is 3.19. The smallest absolute Gasteiger partial charge is 0.322 e. The van der Waals surface area contributed by atoms with E-state index in [1.54, 1.807) is 6.92 Å². The summed E-state index contributed by atoms with van der Waals surface area (Å²) in [4.78, 5) is 15.5. The third-order valence-corrected chi connectivity index (χ3v) is 4.93. The van der Waals surface area contributed by atoms with Crippen LogP contribution in [0.15, 0.2) is 39.6 Å². The van der Waals surface area contributed by atoms with E-state index in [0.717, 1.165) is 6.08 Å². The van der Waals surface area contributed by atoms with Crippen LogP contribution in [0.2, 0.25) is 0 Å². The maximum Gasteiger partial charge on any atom is 0.400 e. The van der Waals surface area contributed by atoms with E-state index < -0.39 is 42.6 Å². The molecule has 0 radical (unpaired) electrons. The number of hydrogen-bond acceptors (Lipinski definition) is 2. The van der Waals surface area contributed by atoms with Crippen LogP contribution in [0.5, 0.6) is 0 Å². The van der Waals surface area contributed by atoms with E-state index in [9.17, 15) is 31.1 Å². The van der Waals surface area contributed by atoms with Crippen LogP contribution >= 0.6 is 0 Å². The molecule has 3 atom stereocenters. The first-order valence-electron chi connectivity index (χ1n) is 8.07. The zero-order valence-corrected chi connectivity index (χ0v) is 13.9. The molecule has 0 saturated carbocycles. The van der Waals surface area contributed by atoms with Crippen molar-refractivity contribution in [2.75, 3.05) is 0 Å². The number of fused-ring (bicyclic) bond motifs is 2. The van der Waals surface area contributed by atoms with Crippen LogP contribution in [0.3, 0.4) is 0 Å². The Kier molecular flexibility index (Phi) is 4.31. The minimum Gasteiger partial charge on any atom is -0.322 e. The van der Waals surface area contributed by atoms with Crippen LogP contribution in [0, 0.1) is 11.8 Å². The summed E-state index contributed by atoms with van der Waals surface area (Å²) in [5.74, 6) is -3.73. The predicted molar refractivity (Wildman–Crippen MR) is 82.2 cm³/mol. The highest BCUT2D eigenvalue weighted by Gasteiger charge is 2.53. The van der Waals surface area contributed by atoms with Crippen molar-refractivity contribution in [1.82, 2.24) is 5.32 Å². The lowest BCUT2D eigenvalue weighted by molar-refractivity contribution is -0.147. The van der Waals surface area contributed by atoms with Gasteiger partial charge in [-0.05, 0) is 30.6 Å². The summed E-state index contributed by atoms with van der Waals surface area (Å²) in [5.41, 5.74) is 0.244. The van der Waals surface area contributed by atoms with Gasteiger partial charge in [0.1, 0.15) is 5.92 Å². The van der Waals surface area contributed by atoms with Crippen molar-refractivity contribution in [3.63, 3.8) is 0 Å². The van der Waals surface area contributed by atoms with Crippen molar-refractivity contribution in [2.45, 2.75) is 45.1 Å². The molecule has 0 aromatic rings. The van der Waals surface area contributed by atoms with Gasteiger partial charge in [-0.1, -0.05) is 12.5 Å². The molecule has 1 amide bonds. The van der Waals surface area contributed by atoms with Crippen molar-refractivity contribution < 1.29 is 31.1 Å². The second-order valence-corrected chi connectivity index (χ2v) is 6.57. The van der Waals surface area contributed by atoms with E-state index >= 15 is 0 Å². The Morgan fingerprint density at radius 1 is 1.19 bits per heavy atom. The first kappa shape index (κ1) is 18.7. The number of halogens is 6. The number of carbonyl (C=O) groups is 1. The van der Waals surface area contributed by atoms with Crippen molar-refractivity contribution in [3.8, 4) is 0 Å². The predicted octanol–water partition coefficient (Wildman–Crippen LogP) is 4.24. The number of nitrogens with zero attached hydrogens (tertiary/aromatic N) is 1. The molecular weight excluding hydrogens is 362 g/mol. The Hall–Kier alpha value is -2.06. The third-order valence-electron chi connectivity index (χ3n) is 4.93. The Morgan fingerprint density at radius 2 is 1.85 bits per heavy atom. The topological polar surface area (TPSA) is 41.5 Å². The van der Waals surface area contributed by atoms with Crippen LogP contribution in [-0.4, -0.2) is 30.0 Å². The van der Waals surface area contributed by atoms with Gasteiger partial charge in [0.25, 0.3) is 0 Å². The lowest BCUT2D eigenvalue weighted by atomic mass is 9.72. The van der Waals surface area contributed by atoms with Crippen LogP contribution in [0.4, 0.5) is 26.3 Å². The zero-order valence-electron chi connectivity index (χ0n) is 13.9. The van der Waals surface area contributed by atoms with Gasteiger partial charge in [-0.15, -0.1) is 0 Å². The van der Waals surface area contributed by atoms with E-state index in [1.807, 2.05) is 0 Å². The van der Waals surface area contributed by atoms with Crippen LogP contribution < -0.4 is 5.32 Å². The molecule has 3 rings (SSSR count). The molecule has 2 heterocycles. The van der Waals surface area contributed by atoms with Gasteiger partial charge >= 0.3 is 12.4 Å². The summed E-state index contributed by atoms with van der Waals surface area (Å²) in [6.07, 6.45) is -8.06. The molecule has 0 aromatic carbocycles. The minimum atomic E-state index is -4.76. The third kappa shape index (κ3) is 3.19. The summed E-state index contributed by atoms with van der Waals surface area (Å²) in [5, 5.41) is 2.37. The molecule has 0 saturated heterocycles. The van der Waals surface area contributed by atoms with Gasteiger partial charge in [0.2, 0.25) is 5.91 Å². The van der Waals surface area contributed by atoms with Gasteiger partial charge in [0.15, 0.2) is 0 Å². The second kappa shape index (κ2) is 5.99. The molecular formula is C17H16F6N2O. The molecule has 3 nitrogen and oxygen atoms in total. The number of rotatable bonds is 2. The fraction of sp³-hybridized carbons (Fsp3) is 0.529. The van der Waals surface area contributed by atoms with Crippen molar-refractivity contribution in [2.24, 2.45) is 16.8 Å². The Morgan fingerprint density at radius 3 is 2.38 bits per heavy atom. The highest BCUT2D eigenvalue weighted by atomic mass is 19.4. The van der Waals surface area contributed by atoms with E-state index in [0.29, 0.717) is 11.1 Å². The molecule has 0 bridgehead atoms. The fourth-order valence-corrected chi connectivity index (χ4v) is 3.90. The lowest BCUT2D eigenvalue weighted by Gasteiger charge is -2.38. The molecule has 9 heteroatoms. The van der Waals surface area contributed by atoms with Crippen molar-refractivity contribution >= 4 is 11.6 Å². The van der Waals surface area contributed by atoms with E-state index in [2.05, 4.69) is 10.3 Å². The Labute approximate surface area is 145 Å². The Bertz CT molecular complexity index is 769. The maximum atomic E-state index is 13.7. The van der Waals surface area contributed by atoms with Crippen molar-refractivity contribution in [1.29, 1.82) is 0 Å². The summed E-state index contributed by atoms with van der Waals surface area (Å²) >= 11 is 0. The van der Waals surface area contributed by atoms with Gasteiger partial charge < -0.3 is 5.32 Å². The number of aliphatic imine (C=N–C) groups is 1. The van der Waals surface area contributed by atoms with Gasteiger partial charge in [-0.25, -0.2) is 0 Å². The summed E-state index contributed by atoms with van der Waals surface area (Å²) in [6, 6.07) is -1.36. The molecule has 1 N–H and O–H groups in total. The fourth-order valence-electron chi connectivity index (χ4n) is 3.90. The number of amides is 1. The average molecular weight is 378 g/mol. The number of allylic oxidation sites excluding steroid dienone is 3. The first-order chi connectivity index (χ1) is 11.9. The lowest BCUT2D eigenvalue weighted by Crippen LogP contribution is -2.43. The highest BCUT2D eigenvalue weighted by molar-refractivity contribution is 6.04. The van der Waals surface area contributed by atoms with Crippen LogP contribution in [0.25, 0.3) is 0 Å². The number of alkyl halides is 6. The van der Waals surface area contributed by atoms with Crippen molar-refractivity contribution in [3.05, 3.63) is 34.6 Å². The summed E-state index contributed by atoms with van der Waals surface area (Å²) in [7, 11) is 0. The number of dihydropyridines is 1. The number of nitrogens with one attached hydrogen (secondary N) is 1. The molecule has 0 spiro atoms. The maximum absolute atomic E-state index is 13.7. The number of carbonyl (C=O) groups excluding carboxylic acids is 1. The molecule has 26 heavy (non-hydrogen) atoms. The molecule has 1 aliphatic carbocycles. The molecule has 3 unspecified atom stereocenters. The van der Waals surface area contributed by atoms with Crippen LogP contribution in [0.1, 0.15) is 26.7 Å². The molecule has 3 aliphatic rings. The zero-order chi connectivity index (χ0) is 19.4. The molecule has 2 aliphatic heterocycles. The largest absolute Gasteiger partial charge is 0.400 e. The van der Waals surface area contributed by atoms with Gasteiger partial charge in [-0.3, -0.25) is 9.79 Å². The van der Waals surface area contributed by atoms with Gasteiger partial charge in [-0.2, -0.15) is 26.3 Å². The standard InChI is InChI=1S/C17H16F6N2O/c1-3-8-7(2)9-4-11-10(5-13(26)24-11)14(17(21,22)23)15(9)25-12(8)6-16(18,19)20/h4-5,9,12,14H,3,6H2,1-2H3,(H,24,26). The first-order valence-corrected chi connectivity index (χ1v) is 8.07. The normalized spacial score (nSPS) is 28.8. The summed E-state index contributed by atoms with van der Waals surface area (Å²) < 4.78 is 79.9. The molecule has 142 valence electrons. The second-order valence-electron chi connectivity index (χ2n) is 6.57. The quantitative estimate of drug-likeness (QED) is 0.567.